The Balaban J connectivity index is 1.52. The first-order chi connectivity index (χ1) is 11.4. The van der Waals surface area contributed by atoms with Crippen LogP contribution in [0.1, 0.15) is 55.5 Å². The number of nitrogens with zero attached hydrogens (tertiary/aromatic N) is 1. The molecule has 1 fully saturated rings. The van der Waals surface area contributed by atoms with Crippen LogP contribution in [0.4, 0.5) is 0 Å². The fourth-order valence-electron chi connectivity index (χ4n) is 3.72. The highest BCUT2D eigenvalue weighted by molar-refractivity contribution is 5.98. The Kier molecular flexibility index (Phi) is 4.78. The topological polar surface area (TPSA) is 66.8 Å². The zero-order valence-electron chi connectivity index (χ0n) is 14.3. The number of phenols is 1. The Bertz CT molecular complexity index is 632. The van der Waals surface area contributed by atoms with Crippen molar-refractivity contribution < 1.29 is 19.4 Å². The molecule has 1 aromatic rings. The smallest absolute Gasteiger partial charge is 0.309 e. The number of carbonyl (C=O) groups is 2. The van der Waals surface area contributed by atoms with Crippen LogP contribution in [0.5, 0.6) is 5.75 Å². The van der Waals surface area contributed by atoms with Gasteiger partial charge in [0.1, 0.15) is 5.75 Å². The average molecular weight is 331 g/mol. The Hall–Kier alpha value is -2.04. The Labute approximate surface area is 142 Å². The van der Waals surface area contributed by atoms with E-state index in [2.05, 4.69) is 0 Å². The standard InChI is InChI=1S/C19H25NO4/c1-12(2)24-19(23)14-5-3-13(4-6-14)10-20-11-15-7-8-16(21)9-17(15)18(20)22/h7-9,12-14,21H,3-6,10-11H2,1-2H3. The maximum atomic E-state index is 12.5. The van der Waals surface area contributed by atoms with Gasteiger partial charge in [0.15, 0.2) is 0 Å². The molecule has 1 amide bonds. The van der Waals surface area contributed by atoms with Crippen LogP contribution < -0.4 is 0 Å². The molecular formula is C19H25NO4. The van der Waals surface area contributed by atoms with E-state index < -0.39 is 0 Å². The highest BCUT2D eigenvalue weighted by atomic mass is 16.5. The molecule has 0 radical (unpaired) electrons. The number of ether oxygens (including phenoxy) is 1. The van der Waals surface area contributed by atoms with Crippen molar-refractivity contribution in [3.05, 3.63) is 29.3 Å². The summed E-state index contributed by atoms with van der Waals surface area (Å²) in [5.74, 6) is 0.492. The summed E-state index contributed by atoms with van der Waals surface area (Å²) in [6.07, 6.45) is 3.51. The summed E-state index contributed by atoms with van der Waals surface area (Å²) in [5, 5.41) is 9.55. The van der Waals surface area contributed by atoms with Crippen molar-refractivity contribution in [2.45, 2.75) is 52.2 Å². The number of esters is 1. The number of rotatable bonds is 4. The minimum Gasteiger partial charge on any atom is -0.508 e. The third-order valence-electron chi connectivity index (χ3n) is 4.98. The van der Waals surface area contributed by atoms with Crippen LogP contribution in [0, 0.1) is 11.8 Å². The van der Waals surface area contributed by atoms with E-state index in [1.807, 2.05) is 24.8 Å². The van der Waals surface area contributed by atoms with Crippen LogP contribution in [0.15, 0.2) is 18.2 Å². The monoisotopic (exact) mass is 331 g/mol. The fourth-order valence-corrected chi connectivity index (χ4v) is 3.72. The van der Waals surface area contributed by atoms with Gasteiger partial charge in [-0.05, 0) is 63.1 Å². The summed E-state index contributed by atoms with van der Waals surface area (Å²) in [7, 11) is 0. The van der Waals surface area contributed by atoms with E-state index in [0.29, 0.717) is 18.0 Å². The van der Waals surface area contributed by atoms with Crippen molar-refractivity contribution in [2.24, 2.45) is 11.8 Å². The molecule has 0 spiro atoms. The third-order valence-corrected chi connectivity index (χ3v) is 4.98. The van der Waals surface area contributed by atoms with Crippen molar-refractivity contribution in [2.75, 3.05) is 6.54 Å². The fraction of sp³-hybridized carbons (Fsp3) is 0.579. The quantitative estimate of drug-likeness (QED) is 0.861. The molecule has 0 aromatic heterocycles. The molecule has 0 unspecified atom stereocenters. The van der Waals surface area contributed by atoms with Crippen LogP contribution in [0.2, 0.25) is 0 Å². The molecule has 24 heavy (non-hydrogen) atoms. The highest BCUT2D eigenvalue weighted by Gasteiger charge is 2.33. The van der Waals surface area contributed by atoms with Gasteiger partial charge in [-0.1, -0.05) is 6.07 Å². The normalized spacial score (nSPS) is 23.5. The number of carbonyl (C=O) groups excluding carboxylic acids is 2. The SMILES string of the molecule is CC(C)OC(=O)C1CCC(CN2Cc3ccc(O)cc3C2=O)CC1. The minimum absolute atomic E-state index is 0.00207. The van der Waals surface area contributed by atoms with E-state index >= 15 is 0 Å². The number of benzene rings is 1. The molecule has 1 aliphatic carbocycles. The molecule has 0 saturated heterocycles. The Morgan fingerprint density at radius 1 is 1.29 bits per heavy atom. The molecule has 1 aromatic carbocycles. The molecule has 1 aliphatic heterocycles. The van der Waals surface area contributed by atoms with E-state index in [0.717, 1.165) is 37.8 Å². The first kappa shape index (κ1) is 16.8. The second-order valence-electron chi connectivity index (χ2n) is 7.23. The van der Waals surface area contributed by atoms with Gasteiger partial charge in [0.25, 0.3) is 5.91 Å². The van der Waals surface area contributed by atoms with E-state index in [-0.39, 0.29) is 29.6 Å². The van der Waals surface area contributed by atoms with E-state index in [1.54, 1.807) is 12.1 Å². The molecule has 5 nitrogen and oxygen atoms in total. The maximum Gasteiger partial charge on any atom is 0.309 e. The summed E-state index contributed by atoms with van der Waals surface area (Å²) < 4.78 is 5.30. The Morgan fingerprint density at radius 2 is 2.00 bits per heavy atom. The second-order valence-corrected chi connectivity index (χ2v) is 7.23. The molecule has 3 rings (SSSR count). The van der Waals surface area contributed by atoms with Crippen LogP contribution in [-0.4, -0.2) is 34.5 Å². The van der Waals surface area contributed by atoms with Gasteiger partial charge in [-0.3, -0.25) is 9.59 Å². The largest absolute Gasteiger partial charge is 0.508 e. The molecule has 0 atom stereocenters. The zero-order valence-corrected chi connectivity index (χ0v) is 14.3. The number of amides is 1. The van der Waals surface area contributed by atoms with Gasteiger partial charge in [-0.25, -0.2) is 0 Å². The van der Waals surface area contributed by atoms with Crippen molar-refractivity contribution in [3.8, 4) is 5.75 Å². The molecule has 5 heteroatoms. The molecular weight excluding hydrogens is 306 g/mol. The van der Waals surface area contributed by atoms with E-state index in [9.17, 15) is 14.7 Å². The Morgan fingerprint density at radius 3 is 2.67 bits per heavy atom. The van der Waals surface area contributed by atoms with E-state index in [4.69, 9.17) is 4.74 Å². The van der Waals surface area contributed by atoms with E-state index in [1.165, 1.54) is 0 Å². The van der Waals surface area contributed by atoms with Crippen molar-refractivity contribution in [3.63, 3.8) is 0 Å². The molecule has 0 bridgehead atoms. The molecule has 130 valence electrons. The van der Waals surface area contributed by atoms with Gasteiger partial charge in [0.05, 0.1) is 12.0 Å². The van der Waals surface area contributed by atoms with Gasteiger partial charge in [0, 0.05) is 18.7 Å². The molecule has 1 saturated carbocycles. The highest BCUT2D eigenvalue weighted by Crippen LogP contribution is 2.33. The average Bonchev–Trinajstić information content (AvgIpc) is 2.83. The van der Waals surface area contributed by atoms with Crippen molar-refractivity contribution >= 4 is 11.9 Å². The van der Waals surface area contributed by atoms with Gasteiger partial charge in [-0.2, -0.15) is 0 Å². The summed E-state index contributed by atoms with van der Waals surface area (Å²) in [5.41, 5.74) is 1.59. The van der Waals surface area contributed by atoms with Crippen molar-refractivity contribution in [1.82, 2.24) is 4.90 Å². The number of fused-ring (bicyclic) bond motifs is 1. The number of hydrogen-bond acceptors (Lipinski definition) is 4. The molecule has 1 heterocycles. The summed E-state index contributed by atoms with van der Waals surface area (Å²) in [4.78, 5) is 26.3. The zero-order chi connectivity index (χ0) is 17.3. The summed E-state index contributed by atoms with van der Waals surface area (Å²) in [6.45, 7) is 5.08. The van der Waals surface area contributed by atoms with Crippen LogP contribution in [-0.2, 0) is 16.1 Å². The van der Waals surface area contributed by atoms with Gasteiger partial charge in [0.2, 0.25) is 0 Å². The lowest BCUT2D eigenvalue weighted by Gasteiger charge is -2.30. The molecule has 2 aliphatic rings. The number of phenolic OH excluding ortho intramolecular Hbond substituents is 1. The first-order valence-electron chi connectivity index (χ1n) is 8.75. The van der Waals surface area contributed by atoms with Crippen LogP contribution in [0.25, 0.3) is 0 Å². The first-order valence-corrected chi connectivity index (χ1v) is 8.75. The van der Waals surface area contributed by atoms with Gasteiger partial charge in [-0.15, -0.1) is 0 Å². The predicted molar refractivity (Wildman–Crippen MR) is 89.5 cm³/mol. The van der Waals surface area contributed by atoms with Crippen LogP contribution in [0.3, 0.4) is 0 Å². The van der Waals surface area contributed by atoms with Gasteiger partial charge >= 0.3 is 5.97 Å². The van der Waals surface area contributed by atoms with Crippen LogP contribution >= 0.6 is 0 Å². The lowest BCUT2D eigenvalue weighted by Crippen LogP contribution is -2.33. The van der Waals surface area contributed by atoms with Gasteiger partial charge < -0.3 is 14.7 Å². The maximum absolute atomic E-state index is 12.5. The third kappa shape index (κ3) is 3.55. The minimum atomic E-state index is -0.0800. The second kappa shape index (κ2) is 6.83. The predicted octanol–water partition coefficient (Wildman–Crippen LogP) is 3.11. The summed E-state index contributed by atoms with van der Waals surface area (Å²) >= 11 is 0. The summed E-state index contributed by atoms with van der Waals surface area (Å²) in [6, 6.07) is 5.00. The van der Waals surface area contributed by atoms with Crippen molar-refractivity contribution in [1.29, 1.82) is 0 Å². The number of aromatic hydroxyl groups is 1. The lowest BCUT2D eigenvalue weighted by molar-refractivity contribution is -0.153. The molecule has 1 N–H and O–H groups in total. The number of hydrogen-bond donors (Lipinski definition) is 1. The lowest BCUT2D eigenvalue weighted by atomic mass is 9.82.